The van der Waals surface area contributed by atoms with Crippen molar-refractivity contribution in [2.45, 2.75) is 13.8 Å². The van der Waals surface area contributed by atoms with E-state index in [2.05, 4.69) is 217 Å². The second-order valence-electron chi connectivity index (χ2n) is 15.4. The molecule has 294 valence electrons. The fraction of sp³-hybridized carbons (Fsp3) is 0.0345. The van der Waals surface area contributed by atoms with Gasteiger partial charge in [-0.05, 0) is 120 Å². The standard InChI is InChI=1S/C58H42N4/c1-41-18-30-50(31-19-41)61(57-16-8-12-45-10-4-6-14-54(45)57)52-34-24-43(25-35-52)22-28-47-39-56(60-3)48(38-49(47)40-59)29-23-44-26-36-53(37-27-44)62(51-32-20-42(2)21-33-51)58-17-9-13-46-11-5-7-15-55(46)58/h4-39H,1-2H3. The molecule has 0 spiro atoms. The van der Waals surface area contributed by atoms with Crippen LogP contribution in [0.2, 0.25) is 0 Å². The van der Waals surface area contributed by atoms with Crippen LogP contribution in [0.15, 0.2) is 194 Å². The highest BCUT2D eigenvalue weighted by molar-refractivity contribution is 6.00. The summed E-state index contributed by atoms with van der Waals surface area (Å²) >= 11 is 0. The van der Waals surface area contributed by atoms with E-state index in [0.29, 0.717) is 22.4 Å². The number of fused-ring (bicyclic) bond motifs is 2. The predicted octanol–water partition coefficient (Wildman–Crippen LogP) is 16.3. The summed E-state index contributed by atoms with van der Waals surface area (Å²) in [5.74, 6) is 0. The SMILES string of the molecule is [C-]#[N+]c1cc(C=Cc2ccc(N(c3ccc(C)cc3)c3cccc4ccccc34)cc2)c(C#N)cc1C=Cc1ccc(N(c2ccc(C)cc2)c2cccc3ccccc23)cc1. The molecule has 9 rings (SSSR count). The summed E-state index contributed by atoms with van der Waals surface area (Å²) in [6.07, 6.45) is 7.84. The summed E-state index contributed by atoms with van der Waals surface area (Å²) in [6.45, 7) is 12.2. The van der Waals surface area contributed by atoms with Gasteiger partial charge in [0.2, 0.25) is 0 Å². The third-order valence-corrected chi connectivity index (χ3v) is 11.3. The maximum absolute atomic E-state index is 10.3. The Morgan fingerprint density at radius 1 is 0.452 bits per heavy atom. The topological polar surface area (TPSA) is 34.6 Å². The van der Waals surface area contributed by atoms with Gasteiger partial charge in [0, 0.05) is 33.5 Å². The Morgan fingerprint density at radius 2 is 0.855 bits per heavy atom. The van der Waals surface area contributed by atoms with Crippen molar-refractivity contribution < 1.29 is 0 Å². The van der Waals surface area contributed by atoms with Crippen LogP contribution < -0.4 is 9.80 Å². The van der Waals surface area contributed by atoms with Crippen LogP contribution in [0.25, 0.3) is 50.7 Å². The maximum atomic E-state index is 10.3. The minimum absolute atomic E-state index is 0.484. The maximum Gasteiger partial charge on any atom is 0.194 e. The predicted molar refractivity (Wildman–Crippen MR) is 262 cm³/mol. The van der Waals surface area contributed by atoms with E-state index in [4.69, 9.17) is 6.57 Å². The van der Waals surface area contributed by atoms with E-state index < -0.39 is 0 Å². The Hall–Kier alpha value is -8.44. The summed E-state index contributed by atoms with van der Waals surface area (Å²) in [5.41, 5.74) is 13.2. The Morgan fingerprint density at radius 3 is 1.29 bits per heavy atom. The number of aryl methyl sites for hydroxylation is 2. The molecular weight excluding hydrogens is 753 g/mol. The largest absolute Gasteiger partial charge is 0.310 e. The van der Waals surface area contributed by atoms with Crippen LogP contribution in [0, 0.1) is 31.8 Å². The molecule has 9 aromatic rings. The lowest BCUT2D eigenvalue weighted by atomic mass is 10.0. The highest BCUT2D eigenvalue weighted by atomic mass is 15.1. The van der Waals surface area contributed by atoms with Crippen molar-refractivity contribution in [3.63, 3.8) is 0 Å². The molecule has 0 aliphatic carbocycles. The summed E-state index contributed by atoms with van der Waals surface area (Å²) in [4.78, 5) is 8.45. The van der Waals surface area contributed by atoms with Gasteiger partial charge in [-0.1, -0.05) is 157 Å². The number of nitrogens with zero attached hydrogens (tertiary/aromatic N) is 4. The molecule has 0 amide bonds. The first-order chi connectivity index (χ1) is 30.4. The van der Waals surface area contributed by atoms with Gasteiger partial charge in [-0.25, -0.2) is 4.85 Å². The molecule has 0 atom stereocenters. The lowest BCUT2D eigenvalue weighted by Gasteiger charge is -2.27. The van der Waals surface area contributed by atoms with Crippen LogP contribution in [0.4, 0.5) is 39.8 Å². The Bertz CT molecular complexity index is 2970. The van der Waals surface area contributed by atoms with E-state index in [1.165, 1.54) is 32.7 Å². The molecule has 0 N–H and O–H groups in total. The molecule has 0 aliphatic heterocycles. The average molecular weight is 795 g/mol. The van der Waals surface area contributed by atoms with Crippen molar-refractivity contribution in [1.82, 2.24) is 0 Å². The van der Waals surface area contributed by atoms with Crippen LogP contribution in [0.1, 0.15) is 38.9 Å². The molecule has 0 radical (unpaired) electrons. The molecule has 4 nitrogen and oxygen atoms in total. The van der Waals surface area contributed by atoms with Gasteiger partial charge in [0.1, 0.15) is 0 Å². The lowest BCUT2D eigenvalue weighted by Crippen LogP contribution is -2.10. The quantitative estimate of drug-likeness (QED) is 0.102. The Labute approximate surface area is 363 Å². The highest BCUT2D eigenvalue weighted by Gasteiger charge is 2.17. The molecule has 0 fully saturated rings. The average Bonchev–Trinajstić information content (AvgIpc) is 3.32. The molecule has 0 heterocycles. The van der Waals surface area contributed by atoms with Crippen LogP contribution in [-0.2, 0) is 0 Å². The first-order valence-electron chi connectivity index (χ1n) is 20.7. The number of rotatable bonds is 10. The van der Waals surface area contributed by atoms with E-state index in [1.54, 1.807) is 0 Å². The zero-order valence-corrected chi connectivity index (χ0v) is 34.6. The van der Waals surface area contributed by atoms with Gasteiger partial charge >= 0.3 is 0 Å². The molecule has 0 unspecified atom stereocenters. The van der Waals surface area contributed by atoms with Gasteiger partial charge in [0.15, 0.2) is 5.69 Å². The number of benzene rings is 9. The van der Waals surface area contributed by atoms with Crippen LogP contribution in [0.5, 0.6) is 0 Å². The number of hydrogen-bond donors (Lipinski definition) is 0. The zero-order chi connectivity index (χ0) is 42.4. The first kappa shape index (κ1) is 39.0. The highest BCUT2D eigenvalue weighted by Crippen LogP contribution is 2.41. The normalized spacial score (nSPS) is 11.2. The van der Waals surface area contributed by atoms with Gasteiger partial charge < -0.3 is 9.80 Å². The van der Waals surface area contributed by atoms with Gasteiger partial charge in [0.25, 0.3) is 0 Å². The van der Waals surface area contributed by atoms with Crippen molar-refractivity contribution in [2.75, 3.05) is 9.80 Å². The molecule has 4 heteroatoms. The van der Waals surface area contributed by atoms with Crippen molar-refractivity contribution in [2.24, 2.45) is 0 Å². The molecular formula is C58H42N4. The smallest absolute Gasteiger partial charge is 0.194 e. The second kappa shape index (κ2) is 17.4. The van der Waals surface area contributed by atoms with Gasteiger partial charge in [0.05, 0.1) is 29.6 Å². The molecule has 0 saturated carbocycles. The fourth-order valence-corrected chi connectivity index (χ4v) is 7.98. The summed E-state index contributed by atoms with van der Waals surface area (Å²) in [5, 5.41) is 15.0. The summed E-state index contributed by atoms with van der Waals surface area (Å²) in [6, 6.07) is 69.8. The monoisotopic (exact) mass is 794 g/mol. The second-order valence-corrected chi connectivity index (χ2v) is 15.4. The van der Waals surface area contributed by atoms with E-state index in [0.717, 1.165) is 45.3 Å². The van der Waals surface area contributed by atoms with Crippen LogP contribution >= 0.6 is 0 Å². The zero-order valence-electron chi connectivity index (χ0n) is 34.6. The van der Waals surface area contributed by atoms with Crippen LogP contribution in [0.3, 0.4) is 0 Å². The van der Waals surface area contributed by atoms with E-state index in [1.807, 2.05) is 36.4 Å². The summed E-state index contributed by atoms with van der Waals surface area (Å²) in [7, 11) is 0. The minimum Gasteiger partial charge on any atom is -0.310 e. The molecule has 0 bridgehead atoms. The minimum atomic E-state index is 0.484. The molecule has 0 aliphatic rings. The van der Waals surface area contributed by atoms with Crippen molar-refractivity contribution in [3.05, 3.63) is 244 Å². The van der Waals surface area contributed by atoms with E-state index in [9.17, 15) is 5.26 Å². The van der Waals surface area contributed by atoms with Gasteiger partial charge in [-0.3, -0.25) is 0 Å². The first-order valence-corrected chi connectivity index (χ1v) is 20.7. The molecule has 0 aromatic heterocycles. The third-order valence-electron chi connectivity index (χ3n) is 11.3. The van der Waals surface area contributed by atoms with Crippen molar-refractivity contribution in [3.8, 4) is 6.07 Å². The lowest BCUT2D eigenvalue weighted by molar-refractivity contribution is 1.29. The van der Waals surface area contributed by atoms with Gasteiger partial charge in [-0.2, -0.15) is 5.26 Å². The molecule has 0 saturated heterocycles. The molecule has 62 heavy (non-hydrogen) atoms. The number of anilines is 6. The Kier molecular flexibility index (Phi) is 11.0. The molecule has 9 aromatic carbocycles. The Balaban J connectivity index is 0.970. The van der Waals surface area contributed by atoms with E-state index >= 15 is 0 Å². The third kappa shape index (κ3) is 8.10. The van der Waals surface area contributed by atoms with E-state index in [-0.39, 0.29) is 0 Å². The fourth-order valence-electron chi connectivity index (χ4n) is 7.98. The van der Waals surface area contributed by atoms with Crippen molar-refractivity contribution in [1.29, 1.82) is 5.26 Å². The van der Waals surface area contributed by atoms with Gasteiger partial charge in [-0.15, -0.1) is 0 Å². The number of hydrogen-bond acceptors (Lipinski definition) is 3. The van der Waals surface area contributed by atoms with Crippen molar-refractivity contribution >= 4 is 85.7 Å². The van der Waals surface area contributed by atoms with Crippen LogP contribution in [-0.4, -0.2) is 0 Å². The number of nitriles is 1. The summed E-state index contributed by atoms with van der Waals surface area (Å²) < 4.78 is 0.